The number of ether oxygens (including phenoxy) is 1. The van der Waals surface area contributed by atoms with Gasteiger partial charge in [-0.05, 0) is 13.8 Å². The predicted octanol–water partition coefficient (Wildman–Crippen LogP) is 2.21. The molecule has 0 unspecified atom stereocenters. The van der Waals surface area contributed by atoms with E-state index in [1.165, 1.54) is 11.2 Å². The predicted molar refractivity (Wildman–Crippen MR) is 72.4 cm³/mol. The number of nitrogens with zero attached hydrogens (tertiary/aromatic N) is 3. The highest BCUT2D eigenvalue weighted by atomic mass is 32.1. The van der Waals surface area contributed by atoms with Gasteiger partial charge in [0.05, 0.1) is 23.4 Å². The maximum absolute atomic E-state index is 5.70. The lowest BCUT2D eigenvalue weighted by molar-refractivity contribution is 0.307. The monoisotopic (exact) mass is 264 g/mol. The molecule has 0 radical (unpaired) electrons. The van der Waals surface area contributed by atoms with Gasteiger partial charge >= 0.3 is 0 Å². The number of aromatic nitrogens is 3. The van der Waals surface area contributed by atoms with Gasteiger partial charge in [-0.2, -0.15) is 0 Å². The van der Waals surface area contributed by atoms with Crippen LogP contribution in [0.25, 0.3) is 0 Å². The van der Waals surface area contributed by atoms with Gasteiger partial charge in [-0.1, -0.05) is 0 Å². The van der Waals surface area contributed by atoms with Crippen molar-refractivity contribution in [3.05, 3.63) is 28.0 Å². The van der Waals surface area contributed by atoms with Crippen LogP contribution in [0.1, 0.15) is 16.1 Å². The van der Waals surface area contributed by atoms with Gasteiger partial charge in [0.1, 0.15) is 12.1 Å². The molecule has 2 rings (SSSR count). The van der Waals surface area contributed by atoms with Crippen LogP contribution in [-0.4, -0.2) is 28.6 Å². The summed E-state index contributed by atoms with van der Waals surface area (Å²) in [6.45, 7) is 4.56. The summed E-state index contributed by atoms with van der Waals surface area (Å²) >= 11 is 1.66. The van der Waals surface area contributed by atoms with Crippen molar-refractivity contribution >= 4 is 17.2 Å². The summed E-state index contributed by atoms with van der Waals surface area (Å²) in [4.78, 5) is 13.7. The summed E-state index contributed by atoms with van der Waals surface area (Å²) in [5, 5.41) is 3.01. The second-order valence-electron chi connectivity index (χ2n) is 3.86. The molecule has 0 aliphatic heterocycles. The van der Waals surface area contributed by atoms with Crippen LogP contribution in [0.5, 0.6) is 5.88 Å². The van der Waals surface area contributed by atoms with Crippen molar-refractivity contribution in [2.24, 2.45) is 0 Å². The Morgan fingerprint density at radius 2 is 2.11 bits per heavy atom. The van der Waals surface area contributed by atoms with Gasteiger partial charge in [0.2, 0.25) is 5.88 Å². The van der Waals surface area contributed by atoms with E-state index in [0.29, 0.717) is 12.5 Å². The number of hydrogen-bond donors (Lipinski definition) is 1. The normalized spacial score (nSPS) is 10.4. The molecule has 18 heavy (non-hydrogen) atoms. The van der Waals surface area contributed by atoms with Gasteiger partial charge in [-0.25, -0.2) is 15.0 Å². The van der Waals surface area contributed by atoms with E-state index in [1.54, 1.807) is 11.3 Å². The molecule has 0 aliphatic carbocycles. The Kier molecular flexibility index (Phi) is 4.09. The van der Waals surface area contributed by atoms with Crippen molar-refractivity contribution in [2.45, 2.75) is 20.3 Å². The van der Waals surface area contributed by atoms with Gasteiger partial charge in [0, 0.05) is 18.3 Å². The first-order valence-corrected chi connectivity index (χ1v) is 6.61. The number of thiazole rings is 1. The Morgan fingerprint density at radius 1 is 1.28 bits per heavy atom. The summed E-state index contributed by atoms with van der Waals surface area (Å²) in [5.74, 6) is 1.44. The minimum Gasteiger partial charge on any atom is -0.477 e. The third-order valence-electron chi connectivity index (χ3n) is 2.69. The molecule has 6 heteroatoms. The minimum atomic E-state index is 0.601. The first-order valence-electron chi connectivity index (χ1n) is 5.73. The van der Waals surface area contributed by atoms with Crippen molar-refractivity contribution in [3.63, 3.8) is 0 Å². The van der Waals surface area contributed by atoms with Crippen molar-refractivity contribution < 1.29 is 4.74 Å². The van der Waals surface area contributed by atoms with Gasteiger partial charge in [0.15, 0.2) is 0 Å². The van der Waals surface area contributed by atoms with Crippen molar-refractivity contribution in [2.75, 3.05) is 19.0 Å². The molecule has 5 nitrogen and oxygen atoms in total. The zero-order valence-electron chi connectivity index (χ0n) is 10.7. The number of nitrogens with one attached hydrogen (secondary N) is 1. The molecule has 0 aromatic carbocycles. The standard InChI is InChI=1S/C12H16N4OS/c1-8-11(13-3)14-6-15-12(8)17-5-4-10-9(2)16-7-18-10/h6-7H,4-5H2,1-3H3,(H,13,14,15). The molecule has 0 aliphatic rings. The van der Waals surface area contributed by atoms with Crippen molar-refractivity contribution in [1.82, 2.24) is 15.0 Å². The van der Waals surface area contributed by atoms with E-state index in [1.807, 2.05) is 26.4 Å². The molecule has 0 saturated heterocycles. The minimum absolute atomic E-state index is 0.601. The summed E-state index contributed by atoms with van der Waals surface area (Å²) in [5.41, 5.74) is 3.87. The zero-order chi connectivity index (χ0) is 13.0. The van der Waals surface area contributed by atoms with Gasteiger partial charge in [0.25, 0.3) is 0 Å². The molecule has 0 saturated carbocycles. The molecule has 0 bridgehead atoms. The first-order chi connectivity index (χ1) is 8.72. The van der Waals surface area contributed by atoms with Crippen LogP contribution >= 0.6 is 11.3 Å². The molecule has 1 N–H and O–H groups in total. The van der Waals surface area contributed by atoms with Crippen LogP contribution in [0.3, 0.4) is 0 Å². The number of hydrogen-bond acceptors (Lipinski definition) is 6. The highest BCUT2D eigenvalue weighted by molar-refractivity contribution is 7.09. The second kappa shape index (κ2) is 5.77. The lowest BCUT2D eigenvalue weighted by Gasteiger charge is -2.09. The summed E-state index contributed by atoms with van der Waals surface area (Å²) in [6, 6.07) is 0. The van der Waals surface area contributed by atoms with E-state index in [9.17, 15) is 0 Å². The van der Waals surface area contributed by atoms with E-state index in [-0.39, 0.29) is 0 Å². The van der Waals surface area contributed by atoms with Crippen LogP contribution in [-0.2, 0) is 6.42 Å². The maximum Gasteiger partial charge on any atom is 0.221 e. The Bertz CT molecular complexity index is 527. The Hall–Kier alpha value is -1.69. The highest BCUT2D eigenvalue weighted by Crippen LogP contribution is 2.20. The Morgan fingerprint density at radius 3 is 2.78 bits per heavy atom. The fraction of sp³-hybridized carbons (Fsp3) is 0.417. The first kappa shape index (κ1) is 12.8. The third kappa shape index (κ3) is 2.76. The van der Waals surface area contributed by atoms with Crippen molar-refractivity contribution in [3.8, 4) is 5.88 Å². The number of rotatable bonds is 5. The van der Waals surface area contributed by atoms with E-state index in [4.69, 9.17) is 4.74 Å². The smallest absolute Gasteiger partial charge is 0.221 e. The Balaban J connectivity index is 1.96. The molecule has 2 aromatic heterocycles. The van der Waals surface area contributed by atoms with Gasteiger partial charge in [-0.3, -0.25) is 0 Å². The molecule has 0 amide bonds. The van der Waals surface area contributed by atoms with Crippen LogP contribution in [0, 0.1) is 13.8 Å². The van der Waals surface area contributed by atoms with Gasteiger partial charge < -0.3 is 10.1 Å². The molecule has 2 aromatic rings. The fourth-order valence-corrected chi connectivity index (χ4v) is 2.40. The number of aryl methyl sites for hydroxylation is 1. The molecule has 0 fully saturated rings. The largest absolute Gasteiger partial charge is 0.477 e. The van der Waals surface area contributed by atoms with Crippen LogP contribution in [0.4, 0.5) is 5.82 Å². The summed E-state index contributed by atoms with van der Waals surface area (Å²) in [6.07, 6.45) is 2.36. The average molecular weight is 264 g/mol. The van der Waals surface area contributed by atoms with Gasteiger partial charge in [-0.15, -0.1) is 11.3 Å². The number of anilines is 1. The SMILES string of the molecule is CNc1ncnc(OCCc2scnc2C)c1C. The maximum atomic E-state index is 5.70. The molecule has 0 spiro atoms. The lowest BCUT2D eigenvalue weighted by Crippen LogP contribution is -2.06. The van der Waals surface area contributed by atoms with E-state index >= 15 is 0 Å². The quantitative estimate of drug-likeness (QED) is 0.897. The van der Waals surface area contributed by atoms with Crippen LogP contribution < -0.4 is 10.1 Å². The zero-order valence-corrected chi connectivity index (χ0v) is 11.5. The van der Waals surface area contributed by atoms with E-state index in [0.717, 1.165) is 23.5 Å². The topological polar surface area (TPSA) is 59.9 Å². The molecule has 2 heterocycles. The molecule has 96 valence electrons. The highest BCUT2D eigenvalue weighted by Gasteiger charge is 2.07. The summed E-state index contributed by atoms with van der Waals surface area (Å²) in [7, 11) is 1.83. The lowest BCUT2D eigenvalue weighted by atomic mass is 10.3. The second-order valence-corrected chi connectivity index (χ2v) is 4.80. The molecule has 0 atom stereocenters. The third-order valence-corrected chi connectivity index (χ3v) is 3.68. The van der Waals surface area contributed by atoms with Crippen LogP contribution in [0.15, 0.2) is 11.8 Å². The van der Waals surface area contributed by atoms with E-state index < -0.39 is 0 Å². The van der Waals surface area contributed by atoms with Crippen LogP contribution in [0.2, 0.25) is 0 Å². The Labute approximate surface area is 110 Å². The average Bonchev–Trinajstić information content (AvgIpc) is 2.77. The fourth-order valence-electron chi connectivity index (χ4n) is 1.64. The molecular weight excluding hydrogens is 248 g/mol. The molecular formula is C12H16N4OS. The van der Waals surface area contributed by atoms with E-state index in [2.05, 4.69) is 20.3 Å². The summed E-state index contributed by atoms with van der Waals surface area (Å²) < 4.78 is 5.70. The van der Waals surface area contributed by atoms with Crippen molar-refractivity contribution in [1.29, 1.82) is 0 Å².